The van der Waals surface area contributed by atoms with E-state index in [4.69, 9.17) is 9.97 Å². The number of anilines is 6. The fourth-order valence-corrected chi connectivity index (χ4v) is 14.5. The molecule has 0 atom stereocenters. The van der Waals surface area contributed by atoms with Crippen molar-refractivity contribution in [2.24, 2.45) is 0 Å². The second-order valence-corrected chi connectivity index (χ2v) is 28.7. The Labute approximate surface area is 499 Å². The molecule has 412 valence electrons. The van der Waals surface area contributed by atoms with Crippen molar-refractivity contribution in [1.29, 1.82) is 0 Å². The third-order valence-corrected chi connectivity index (χ3v) is 19.1. The van der Waals surface area contributed by atoms with Crippen molar-refractivity contribution < 1.29 is 0 Å². The van der Waals surface area contributed by atoms with E-state index in [2.05, 4.69) is 293 Å². The zero-order valence-corrected chi connectivity index (χ0v) is 50.9. The van der Waals surface area contributed by atoms with Crippen molar-refractivity contribution in [3.8, 4) is 22.6 Å². The zero-order chi connectivity index (χ0) is 58.4. The minimum absolute atomic E-state index is 0.0368. The highest BCUT2D eigenvalue weighted by Crippen LogP contribution is 2.53. The second-order valence-electron chi connectivity index (χ2n) is 28.7. The van der Waals surface area contributed by atoms with E-state index in [0.717, 1.165) is 56.3 Å². The average Bonchev–Trinajstić information content (AvgIpc) is 0.755. The van der Waals surface area contributed by atoms with Gasteiger partial charge in [0.2, 0.25) is 0 Å². The molecule has 16 rings (SSSR count). The summed E-state index contributed by atoms with van der Waals surface area (Å²) < 4.78 is 0. The van der Waals surface area contributed by atoms with E-state index in [9.17, 15) is 0 Å². The quantitative estimate of drug-likeness (QED) is 0.130. The smallest absolute Gasteiger partial charge is 0.252 e. The van der Waals surface area contributed by atoms with Crippen LogP contribution in [0.2, 0.25) is 0 Å². The SMILES string of the molecule is CC(C)(C)c1ccc(N2c3cc(-c4nc(-c5cc(C(C)(C)C)cc(C(C)(C)C)c5)nc5ccccc45)cc4c3B(c3cc5ccc6cccc7ccc(c32)c5c67)c2cc3ccc5cccc6ccc(c2N4c2ccc(C(C)(C)C)cc2)c3c56)cc1. The molecular weight excluding hydrogens is 1030 g/mol. The Hall–Kier alpha value is -9.06. The molecule has 1 aromatic heterocycles. The van der Waals surface area contributed by atoms with Crippen LogP contribution in [0, 0.1) is 0 Å². The number of benzene rings is 13. The summed E-state index contributed by atoms with van der Waals surface area (Å²) in [6.45, 7) is 27.5. The molecular formula is C80H69BN4. The van der Waals surface area contributed by atoms with E-state index in [0.29, 0.717) is 0 Å². The van der Waals surface area contributed by atoms with Crippen LogP contribution < -0.4 is 26.2 Å². The van der Waals surface area contributed by atoms with Crippen molar-refractivity contribution >= 4 is 133 Å². The van der Waals surface area contributed by atoms with Crippen molar-refractivity contribution in [3.05, 3.63) is 222 Å². The van der Waals surface area contributed by atoms with Crippen molar-refractivity contribution in [2.75, 3.05) is 9.80 Å². The van der Waals surface area contributed by atoms with Gasteiger partial charge in [-0.3, -0.25) is 0 Å². The summed E-state index contributed by atoms with van der Waals surface area (Å²) in [6.07, 6.45) is 0. The number of hydrogen-bond acceptors (Lipinski definition) is 4. The normalized spacial score (nSPS) is 13.8. The predicted molar refractivity (Wildman–Crippen MR) is 367 cm³/mol. The molecule has 2 aliphatic heterocycles. The summed E-state index contributed by atoms with van der Waals surface area (Å²) in [5.74, 6) is 0.724. The Bertz CT molecular complexity index is 4800. The van der Waals surface area contributed by atoms with Gasteiger partial charge in [-0.05, 0) is 169 Å². The predicted octanol–water partition coefficient (Wildman–Crippen LogP) is 20.0. The van der Waals surface area contributed by atoms with Gasteiger partial charge in [-0.15, -0.1) is 0 Å². The largest absolute Gasteiger partial charge is 0.311 e. The highest BCUT2D eigenvalue weighted by atomic mass is 15.2. The minimum atomic E-state index is -0.156. The third-order valence-electron chi connectivity index (χ3n) is 19.1. The lowest BCUT2D eigenvalue weighted by Gasteiger charge is -2.45. The summed E-state index contributed by atoms with van der Waals surface area (Å²) in [5, 5.41) is 16.3. The first kappa shape index (κ1) is 51.6. The molecule has 5 heteroatoms. The van der Waals surface area contributed by atoms with Crippen LogP contribution >= 0.6 is 0 Å². The molecule has 0 unspecified atom stereocenters. The average molecular weight is 1100 g/mol. The Morgan fingerprint density at radius 1 is 0.329 bits per heavy atom. The molecule has 0 saturated heterocycles. The van der Waals surface area contributed by atoms with E-state index < -0.39 is 0 Å². The molecule has 0 aliphatic carbocycles. The summed E-state index contributed by atoms with van der Waals surface area (Å²) in [6, 6.07) is 77.2. The van der Waals surface area contributed by atoms with Crippen LogP contribution in [-0.4, -0.2) is 16.7 Å². The van der Waals surface area contributed by atoms with Gasteiger partial charge >= 0.3 is 0 Å². The number of aromatic nitrogens is 2. The van der Waals surface area contributed by atoms with Gasteiger partial charge < -0.3 is 9.80 Å². The van der Waals surface area contributed by atoms with Crippen LogP contribution in [0.3, 0.4) is 0 Å². The minimum Gasteiger partial charge on any atom is -0.311 e. The van der Waals surface area contributed by atoms with E-state index in [1.165, 1.54) is 115 Å². The van der Waals surface area contributed by atoms with E-state index in [-0.39, 0.29) is 28.4 Å². The van der Waals surface area contributed by atoms with E-state index in [1.54, 1.807) is 0 Å². The maximum atomic E-state index is 5.87. The Morgan fingerprint density at radius 3 is 1.20 bits per heavy atom. The van der Waals surface area contributed by atoms with Gasteiger partial charge in [-0.1, -0.05) is 229 Å². The molecule has 0 spiro atoms. The van der Waals surface area contributed by atoms with Gasteiger partial charge in [-0.2, -0.15) is 0 Å². The number of nitrogens with zero attached hydrogens (tertiary/aromatic N) is 4. The fourth-order valence-electron chi connectivity index (χ4n) is 14.5. The lowest BCUT2D eigenvalue weighted by Crippen LogP contribution is -2.61. The zero-order valence-electron chi connectivity index (χ0n) is 50.9. The number of hydrogen-bond donors (Lipinski definition) is 0. The summed E-state index contributed by atoms with van der Waals surface area (Å²) in [4.78, 5) is 16.6. The molecule has 0 N–H and O–H groups in total. The molecule has 0 radical (unpaired) electrons. The van der Waals surface area contributed by atoms with E-state index >= 15 is 0 Å². The highest BCUT2D eigenvalue weighted by Gasteiger charge is 2.46. The van der Waals surface area contributed by atoms with Gasteiger partial charge in [0.25, 0.3) is 6.71 Å². The maximum absolute atomic E-state index is 5.87. The molecule has 0 bridgehead atoms. The van der Waals surface area contributed by atoms with Gasteiger partial charge in [0.1, 0.15) is 0 Å². The van der Waals surface area contributed by atoms with E-state index in [1.807, 2.05) is 0 Å². The molecule has 4 nitrogen and oxygen atoms in total. The van der Waals surface area contributed by atoms with Crippen LogP contribution in [0.25, 0.3) is 98.2 Å². The van der Waals surface area contributed by atoms with Gasteiger partial charge in [0.15, 0.2) is 5.82 Å². The molecule has 2 aliphatic rings. The van der Waals surface area contributed by atoms with Crippen LogP contribution in [0.4, 0.5) is 34.1 Å². The molecule has 13 aromatic carbocycles. The Kier molecular flexibility index (Phi) is 10.8. The fraction of sp³-hybridized carbons (Fsp3) is 0.200. The standard InChI is InChI=1S/C80H69BN4/c1-77(2,3)54-29-33-58(34-30-54)84-66-43-52(73-60-21-13-14-22-65(60)82-76(83-73)53-39-56(79(7,8)9)45-57(40-53)80(10,11)12)44-67-72(66)81(63-41-50-25-23-46-17-15-19-48-27-37-61(74(63)84)70(50)68(46)48)64-42-51-26-24-47-18-16-20-49-28-38-62(71(51)69(47)49)75(64)85(67)59-35-31-55(32-36-59)78(4,5)6/h13-45H,1-12H3. The monoisotopic (exact) mass is 1100 g/mol. The lowest BCUT2D eigenvalue weighted by atomic mass is 9.33. The summed E-state index contributed by atoms with van der Waals surface area (Å²) in [5.41, 5.74) is 19.6. The lowest BCUT2D eigenvalue weighted by molar-refractivity contribution is 0.569. The van der Waals surface area contributed by atoms with Crippen molar-refractivity contribution in [2.45, 2.75) is 105 Å². The molecule has 0 fully saturated rings. The van der Waals surface area contributed by atoms with Crippen molar-refractivity contribution in [3.63, 3.8) is 0 Å². The van der Waals surface area contributed by atoms with Gasteiger partial charge in [0.05, 0.1) is 11.2 Å². The molecule has 3 heterocycles. The molecule has 14 aromatic rings. The van der Waals surface area contributed by atoms with Gasteiger partial charge in [-0.25, -0.2) is 9.97 Å². The topological polar surface area (TPSA) is 32.3 Å². The summed E-state index contributed by atoms with van der Waals surface area (Å²) >= 11 is 0. The number of para-hydroxylation sites is 1. The third kappa shape index (κ3) is 7.81. The van der Waals surface area contributed by atoms with Crippen LogP contribution in [0.15, 0.2) is 200 Å². The first-order valence-electron chi connectivity index (χ1n) is 30.5. The molecule has 85 heavy (non-hydrogen) atoms. The van der Waals surface area contributed by atoms with Crippen LogP contribution in [0.5, 0.6) is 0 Å². The van der Waals surface area contributed by atoms with Crippen molar-refractivity contribution in [1.82, 2.24) is 9.97 Å². The Morgan fingerprint density at radius 2 is 0.753 bits per heavy atom. The van der Waals surface area contributed by atoms with Crippen LogP contribution in [-0.2, 0) is 21.7 Å². The first-order chi connectivity index (χ1) is 40.7. The molecule has 0 saturated carbocycles. The second kappa shape index (κ2) is 17.7. The number of fused-ring (bicyclic) bond motifs is 7. The summed E-state index contributed by atoms with van der Waals surface area (Å²) in [7, 11) is 0. The first-order valence-corrected chi connectivity index (χ1v) is 30.5. The van der Waals surface area contributed by atoms with Crippen LogP contribution in [0.1, 0.15) is 105 Å². The Balaban J connectivity index is 1.09. The van der Waals surface area contributed by atoms with Gasteiger partial charge in [0, 0.05) is 61.4 Å². The highest BCUT2D eigenvalue weighted by molar-refractivity contribution is 7.01. The maximum Gasteiger partial charge on any atom is 0.252 e. The number of rotatable bonds is 4. The molecule has 0 amide bonds.